The lowest BCUT2D eigenvalue weighted by Crippen LogP contribution is -2.40. The highest BCUT2D eigenvalue weighted by Crippen LogP contribution is 2.10. The van der Waals surface area contributed by atoms with Crippen LogP contribution in [0.25, 0.3) is 0 Å². The summed E-state index contributed by atoms with van der Waals surface area (Å²) in [4.78, 5) is 4.18. The molecule has 2 N–H and O–H groups in total. The lowest BCUT2D eigenvalue weighted by atomic mass is 10.1. The predicted octanol–water partition coefficient (Wildman–Crippen LogP) is 2.83. The Bertz CT molecular complexity index is 512. The lowest BCUT2D eigenvalue weighted by molar-refractivity contribution is 0.647. The number of hydrogen-bond acceptors (Lipinski definition) is 2. The van der Waals surface area contributed by atoms with Gasteiger partial charge < -0.3 is 10.6 Å². The van der Waals surface area contributed by atoms with Crippen molar-refractivity contribution in [3.05, 3.63) is 35.4 Å². The first-order valence-electron chi connectivity index (χ1n) is 7.21. The highest BCUT2D eigenvalue weighted by Gasteiger charge is 2.18. The highest BCUT2D eigenvalue weighted by molar-refractivity contribution is 14.0. The van der Waals surface area contributed by atoms with Crippen molar-refractivity contribution >= 4 is 40.7 Å². The van der Waals surface area contributed by atoms with E-state index in [2.05, 4.69) is 46.8 Å². The first-order chi connectivity index (χ1) is 9.82. The molecular formula is C16H28IN3OS. The summed E-state index contributed by atoms with van der Waals surface area (Å²) in [6.07, 6.45) is 0. The summed E-state index contributed by atoms with van der Waals surface area (Å²) in [7, 11) is 0.898. The van der Waals surface area contributed by atoms with Crippen LogP contribution >= 0.6 is 24.0 Å². The number of aliphatic imine (C=N–C) groups is 1. The van der Waals surface area contributed by atoms with Crippen LogP contribution in [0, 0.1) is 6.92 Å². The molecule has 126 valence electrons. The van der Waals surface area contributed by atoms with E-state index in [0.29, 0.717) is 12.3 Å². The summed E-state index contributed by atoms with van der Waals surface area (Å²) in [5, 5.41) is 6.47. The second-order valence-electron chi connectivity index (χ2n) is 6.00. The lowest BCUT2D eigenvalue weighted by Gasteiger charge is -2.18. The van der Waals surface area contributed by atoms with Crippen LogP contribution in [0.1, 0.15) is 31.9 Å². The average Bonchev–Trinajstić information content (AvgIpc) is 2.41. The average molecular weight is 437 g/mol. The van der Waals surface area contributed by atoms with Crippen molar-refractivity contribution in [3.63, 3.8) is 0 Å². The number of hydrogen-bond donors (Lipinski definition) is 2. The third kappa shape index (κ3) is 8.12. The van der Waals surface area contributed by atoms with E-state index >= 15 is 0 Å². The molecule has 22 heavy (non-hydrogen) atoms. The van der Waals surface area contributed by atoms with Gasteiger partial charge in [-0.1, -0.05) is 29.8 Å². The van der Waals surface area contributed by atoms with E-state index < -0.39 is 10.8 Å². The maximum Gasteiger partial charge on any atom is 0.191 e. The van der Waals surface area contributed by atoms with E-state index in [1.165, 1.54) is 11.1 Å². The Morgan fingerprint density at radius 1 is 1.27 bits per heavy atom. The molecule has 1 atom stereocenters. The molecule has 0 bridgehead atoms. The van der Waals surface area contributed by atoms with E-state index in [1.807, 2.05) is 20.8 Å². The van der Waals surface area contributed by atoms with E-state index in [4.69, 9.17) is 0 Å². The molecule has 6 heteroatoms. The molecule has 0 saturated carbocycles. The molecule has 0 aromatic heterocycles. The second kappa shape index (κ2) is 10.2. The van der Waals surface area contributed by atoms with Gasteiger partial charge in [-0.15, -0.1) is 24.0 Å². The summed E-state index contributed by atoms with van der Waals surface area (Å²) < 4.78 is 11.8. The number of halogens is 1. The standard InChI is InChI=1S/C16H27N3OS.HI/c1-13-7-6-8-14(11-13)12-19-15(17-5)18-9-10-21(20)16(2,3)4;/h6-8,11H,9-10,12H2,1-5H3,(H2,17,18,19);1H. The van der Waals surface area contributed by atoms with Gasteiger partial charge in [-0.2, -0.15) is 0 Å². The van der Waals surface area contributed by atoms with E-state index in [1.54, 1.807) is 7.05 Å². The molecule has 0 heterocycles. The smallest absolute Gasteiger partial charge is 0.191 e. The van der Waals surface area contributed by atoms with Gasteiger partial charge in [0.2, 0.25) is 0 Å². The fourth-order valence-electron chi connectivity index (χ4n) is 1.80. The zero-order valence-corrected chi connectivity index (χ0v) is 17.2. The molecular weight excluding hydrogens is 409 g/mol. The monoisotopic (exact) mass is 437 g/mol. The maximum atomic E-state index is 12.0. The number of rotatable bonds is 5. The van der Waals surface area contributed by atoms with E-state index in [0.717, 1.165) is 12.5 Å². The Hall–Kier alpha value is -0.630. The molecule has 0 amide bonds. The Balaban J connectivity index is 0.00000441. The van der Waals surface area contributed by atoms with Crippen molar-refractivity contribution in [1.82, 2.24) is 10.6 Å². The van der Waals surface area contributed by atoms with Gasteiger partial charge in [-0.05, 0) is 33.3 Å². The molecule has 0 fully saturated rings. The van der Waals surface area contributed by atoms with Crippen LogP contribution in [0.4, 0.5) is 0 Å². The van der Waals surface area contributed by atoms with E-state index in [9.17, 15) is 4.21 Å². The van der Waals surface area contributed by atoms with Gasteiger partial charge in [0, 0.05) is 41.4 Å². The normalized spacial score (nSPS) is 13.2. The van der Waals surface area contributed by atoms with Gasteiger partial charge in [0.25, 0.3) is 0 Å². The Labute approximate surface area is 154 Å². The summed E-state index contributed by atoms with van der Waals surface area (Å²) in [5.41, 5.74) is 2.47. The molecule has 0 radical (unpaired) electrons. The minimum atomic E-state index is -0.844. The zero-order chi connectivity index (χ0) is 15.9. The number of aryl methyl sites for hydroxylation is 1. The van der Waals surface area contributed by atoms with Crippen LogP contribution < -0.4 is 10.6 Å². The minimum Gasteiger partial charge on any atom is -0.355 e. The van der Waals surface area contributed by atoms with Crippen molar-refractivity contribution in [1.29, 1.82) is 0 Å². The van der Waals surface area contributed by atoms with Crippen molar-refractivity contribution in [2.45, 2.75) is 39.0 Å². The second-order valence-corrected chi connectivity index (χ2v) is 8.33. The SMILES string of the molecule is CN=C(NCCS(=O)C(C)(C)C)NCc1cccc(C)c1.I. The van der Waals surface area contributed by atoms with Gasteiger partial charge >= 0.3 is 0 Å². The maximum absolute atomic E-state index is 12.0. The fraction of sp³-hybridized carbons (Fsp3) is 0.562. The zero-order valence-electron chi connectivity index (χ0n) is 14.1. The summed E-state index contributed by atoms with van der Waals surface area (Å²) in [6, 6.07) is 8.37. The molecule has 4 nitrogen and oxygen atoms in total. The fourth-order valence-corrected chi connectivity index (χ4v) is 2.70. The van der Waals surface area contributed by atoms with Gasteiger partial charge in [-0.25, -0.2) is 0 Å². The number of benzene rings is 1. The van der Waals surface area contributed by atoms with Crippen molar-refractivity contribution in [2.75, 3.05) is 19.3 Å². The summed E-state index contributed by atoms with van der Waals surface area (Å²) >= 11 is 0. The molecule has 0 aliphatic rings. The Kier molecular flexibility index (Phi) is 9.91. The molecule has 1 unspecified atom stereocenters. The molecule has 0 aliphatic carbocycles. The highest BCUT2D eigenvalue weighted by atomic mass is 127. The van der Waals surface area contributed by atoms with E-state index in [-0.39, 0.29) is 28.7 Å². The Morgan fingerprint density at radius 3 is 2.50 bits per heavy atom. The van der Waals surface area contributed by atoms with Crippen molar-refractivity contribution in [2.24, 2.45) is 4.99 Å². The topological polar surface area (TPSA) is 53.5 Å². The molecule has 0 saturated heterocycles. The molecule has 1 aromatic carbocycles. The van der Waals surface area contributed by atoms with Crippen LogP contribution in [0.2, 0.25) is 0 Å². The van der Waals surface area contributed by atoms with Gasteiger partial charge in [0.15, 0.2) is 5.96 Å². The number of nitrogens with zero attached hydrogens (tertiary/aromatic N) is 1. The third-order valence-electron chi connectivity index (χ3n) is 3.03. The van der Waals surface area contributed by atoms with Gasteiger partial charge in [-0.3, -0.25) is 9.20 Å². The summed E-state index contributed by atoms with van der Waals surface area (Å²) in [6.45, 7) is 9.44. The van der Waals surface area contributed by atoms with Crippen molar-refractivity contribution in [3.8, 4) is 0 Å². The van der Waals surface area contributed by atoms with Crippen LogP contribution in [0.15, 0.2) is 29.3 Å². The van der Waals surface area contributed by atoms with Gasteiger partial charge in [0.05, 0.1) is 0 Å². The largest absolute Gasteiger partial charge is 0.355 e. The van der Waals surface area contributed by atoms with Gasteiger partial charge in [0.1, 0.15) is 0 Å². The first kappa shape index (κ1) is 21.4. The minimum absolute atomic E-state index is 0. The predicted molar refractivity (Wildman–Crippen MR) is 108 cm³/mol. The molecule has 0 aliphatic heterocycles. The van der Waals surface area contributed by atoms with Crippen LogP contribution in [0.5, 0.6) is 0 Å². The molecule has 1 aromatic rings. The number of nitrogens with one attached hydrogen (secondary N) is 2. The van der Waals surface area contributed by atoms with Crippen LogP contribution in [0.3, 0.4) is 0 Å². The van der Waals surface area contributed by atoms with Crippen molar-refractivity contribution < 1.29 is 4.21 Å². The third-order valence-corrected chi connectivity index (χ3v) is 4.97. The number of guanidine groups is 1. The quantitative estimate of drug-likeness (QED) is 0.423. The summed E-state index contributed by atoms with van der Waals surface area (Å²) in [5.74, 6) is 1.36. The first-order valence-corrected chi connectivity index (χ1v) is 8.53. The van der Waals surface area contributed by atoms with Crippen LogP contribution in [-0.4, -0.2) is 34.3 Å². The molecule has 0 spiro atoms. The Morgan fingerprint density at radius 2 is 1.95 bits per heavy atom. The van der Waals surface area contributed by atoms with Crippen LogP contribution in [-0.2, 0) is 17.3 Å². The molecule has 1 rings (SSSR count).